The maximum atomic E-state index is 13.8. The van der Waals surface area contributed by atoms with E-state index >= 15 is 0 Å². The van der Waals surface area contributed by atoms with Crippen molar-refractivity contribution in [3.05, 3.63) is 41.3 Å². The van der Waals surface area contributed by atoms with Crippen molar-refractivity contribution >= 4 is 54.0 Å². The van der Waals surface area contributed by atoms with Crippen LogP contribution < -0.4 is 4.90 Å². The summed E-state index contributed by atoms with van der Waals surface area (Å²) < 4.78 is 29.1. The zero-order chi connectivity index (χ0) is 22.9. The predicted molar refractivity (Wildman–Crippen MR) is 131 cm³/mol. The van der Waals surface area contributed by atoms with Crippen LogP contribution in [0.3, 0.4) is 0 Å². The fraction of sp³-hybridized carbons (Fsp3) is 0.455. The van der Waals surface area contributed by atoms with Gasteiger partial charge in [-0.25, -0.2) is 13.4 Å². The van der Waals surface area contributed by atoms with Gasteiger partial charge in [0.25, 0.3) is 10.0 Å². The average molecular weight is 493 g/mol. The zero-order valence-corrected chi connectivity index (χ0v) is 21.0. The van der Waals surface area contributed by atoms with E-state index in [1.807, 2.05) is 39.2 Å². The third kappa shape index (κ3) is 4.60. The first-order chi connectivity index (χ1) is 15.3. The Kier molecular flexibility index (Phi) is 6.97. The molecule has 1 fully saturated rings. The van der Waals surface area contributed by atoms with Crippen LogP contribution in [0.2, 0.25) is 0 Å². The van der Waals surface area contributed by atoms with E-state index in [2.05, 4.69) is 4.90 Å². The lowest BCUT2D eigenvalue weighted by atomic mass is 10.2. The summed E-state index contributed by atoms with van der Waals surface area (Å²) in [6, 6.07) is 8.64. The normalized spacial score (nSPS) is 17.4. The molecule has 10 heteroatoms. The van der Waals surface area contributed by atoms with Gasteiger partial charge in [0.15, 0.2) is 5.13 Å². The minimum absolute atomic E-state index is 0.182. The molecule has 3 heterocycles. The Balaban J connectivity index is 1.66. The maximum absolute atomic E-state index is 13.8. The number of para-hydroxylation sites is 1. The number of benzene rings is 1. The van der Waals surface area contributed by atoms with E-state index in [-0.39, 0.29) is 10.1 Å². The topological polar surface area (TPSA) is 73.8 Å². The Hall–Kier alpha value is -1.85. The first-order valence-electron chi connectivity index (χ1n) is 10.7. The molecule has 0 bridgehead atoms. The number of hydrogen-bond acceptors (Lipinski definition) is 7. The van der Waals surface area contributed by atoms with E-state index in [9.17, 15) is 13.2 Å². The van der Waals surface area contributed by atoms with Crippen molar-refractivity contribution in [2.75, 3.05) is 38.6 Å². The molecule has 1 saturated heterocycles. The Bertz CT molecular complexity index is 1190. The fourth-order valence-corrected chi connectivity index (χ4v) is 7.86. The van der Waals surface area contributed by atoms with E-state index in [0.29, 0.717) is 31.1 Å². The summed E-state index contributed by atoms with van der Waals surface area (Å²) >= 11 is 2.67. The van der Waals surface area contributed by atoms with Gasteiger partial charge in [0.1, 0.15) is 10.3 Å². The van der Waals surface area contributed by atoms with Crippen LogP contribution >= 0.6 is 22.7 Å². The van der Waals surface area contributed by atoms with Crippen molar-refractivity contribution in [2.24, 2.45) is 0 Å². The standard InChI is InChI=1S/C22H28N4O3S3/c1-16-8-4-10-18-20(16)23-22(31-18)25(13-7-12-24(2)3)21(27)17-9-5-14-26(17)32(28,29)19-11-6-15-30-19/h4,6,8,10-11,15,17H,5,7,9,12-14H2,1-3H3/t17-/m0/s1. The van der Waals surface area contributed by atoms with Crippen molar-refractivity contribution < 1.29 is 13.2 Å². The molecule has 1 atom stereocenters. The molecule has 3 aromatic rings. The highest BCUT2D eigenvalue weighted by Gasteiger charge is 2.42. The fourth-order valence-electron chi connectivity index (χ4n) is 4.02. The molecule has 4 rings (SSSR count). The Morgan fingerprint density at radius 1 is 1.22 bits per heavy atom. The minimum atomic E-state index is -3.69. The van der Waals surface area contributed by atoms with E-state index in [4.69, 9.17) is 4.98 Å². The van der Waals surface area contributed by atoms with Crippen LogP contribution in [0, 0.1) is 6.92 Å². The van der Waals surface area contributed by atoms with Crippen LogP contribution in [0.1, 0.15) is 24.8 Å². The summed E-state index contributed by atoms with van der Waals surface area (Å²) in [4.78, 5) is 22.4. The molecule has 1 amide bonds. The second-order valence-electron chi connectivity index (χ2n) is 8.27. The monoisotopic (exact) mass is 492 g/mol. The number of aromatic nitrogens is 1. The molecule has 2 aromatic heterocycles. The van der Waals surface area contributed by atoms with Crippen molar-refractivity contribution in [3.8, 4) is 0 Å². The molecule has 32 heavy (non-hydrogen) atoms. The highest BCUT2D eigenvalue weighted by atomic mass is 32.2. The van der Waals surface area contributed by atoms with E-state index in [1.165, 1.54) is 27.0 Å². The minimum Gasteiger partial charge on any atom is -0.309 e. The highest BCUT2D eigenvalue weighted by molar-refractivity contribution is 7.91. The van der Waals surface area contributed by atoms with Gasteiger partial charge in [-0.1, -0.05) is 29.5 Å². The van der Waals surface area contributed by atoms with Gasteiger partial charge in [-0.15, -0.1) is 11.3 Å². The number of aryl methyl sites for hydroxylation is 1. The molecule has 0 N–H and O–H groups in total. The molecule has 0 unspecified atom stereocenters. The van der Waals surface area contributed by atoms with Gasteiger partial charge in [0.05, 0.1) is 10.2 Å². The van der Waals surface area contributed by atoms with E-state index in [1.54, 1.807) is 22.4 Å². The third-order valence-corrected chi connectivity index (χ3v) is 9.97. The number of amides is 1. The van der Waals surface area contributed by atoms with Crippen LogP contribution in [0.4, 0.5) is 5.13 Å². The molecule has 1 aliphatic rings. The van der Waals surface area contributed by atoms with Gasteiger partial charge in [0, 0.05) is 13.1 Å². The SMILES string of the molecule is Cc1cccc2sc(N(CCCN(C)C)C(=O)[C@@H]3CCCN3S(=O)(=O)c3cccs3)nc12. The lowest BCUT2D eigenvalue weighted by Crippen LogP contribution is -2.48. The van der Waals surface area contributed by atoms with Crippen LogP contribution in [0.25, 0.3) is 10.2 Å². The molecule has 0 saturated carbocycles. The van der Waals surface area contributed by atoms with E-state index < -0.39 is 16.1 Å². The summed E-state index contributed by atoms with van der Waals surface area (Å²) in [5.41, 5.74) is 1.96. The first-order valence-corrected chi connectivity index (χ1v) is 13.8. The largest absolute Gasteiger partial charge is 0.309 e. The number of thiazole rings is 1. The van der Waals surface area contributed by atoms with Crippen molar-refractivity contribution in [1.29, 1.82) is 0 Å². The summed E-state index contributed by atoms with van der Waals surface area (Å²) in [7, 11) is 0.308. The Labute approximate surface area is 197 Å². The second-order valence-corrected chi connectivity index (χ2v) is 12.3. The molecular formula is C22H28N4O3S3. The predicted octanol–water partition coefficient (Wildman–Crippen LogP) is 3.80. The molecule has 0 aliphatic carbocycles. The lowest BCUT2D eigenvalue weighted by Gasteiger charge is -2.28. The molecule has 1 aliphatic heterocycles. The lowest BCUT2D eigenvalue weighted by molar-refractivity contribution is -0.121. The van der Waals surface area contributed by atoms with Gasteiger partial charge in [-0.05, 0) is 69.9 Å². The summed E-state index contributed by atoms with van der Waals surface area (Å²) in [5, 5.41) is 2.38. The van der Waals surface area contributed by atoms with Gasteiger partial charge in [-0.3, -0.25) is 9.69 Å². The second kappa shape index (κ2) is 9.56. The zero-order valence-electron chi connectivity index (χ0n) is 18.5. The van der Waals surface area contributed by atoms with Crippen LogP contribution in [-0.4, -0.2) is 68.3 Å². The number of carbonyl (C=O) groups is 1. The Morgan fingerprint density at radius 2 is 2.03 bits per heavy atom. The van der Waals surface area contributed by atoms with Crippen LogP contribution in [0.5, 0.6) is 0 Å². The number of rotatable bonds is 8. The molecule has 1 aromatic carbocycles. The molecule has 0 spiro atoms. The van der Waals surface area contributed by atoms with Crippen molar-refractivity contribution in [3.63, 3.8) is 0 Å². The number of fused-ring (bicyclic) bond motifs is 1. The van der Waals surface area contributed by atoms with Gasteiger partial charge < -0.3 is 4.90 Å². The Morgan fingerprint density at radius 3 is 2.72 bits per heavy atom. The van der Waals surface area contributed by atoms with Crippen molar-refractivity contribution in [2.45, 2.75) is 36.4 Å². The van der Waals surface area contributed by atoms with Gasteiger partial charge in [-0.2, -0.15) is 4.31 Å². The van der Waals surface area contributed by atoms with E-state index in [0.717, 1.165) is 28.7 Å². The molecule has 7 nitrogen and oxygen atoms in total. The number of nitrogens with zero attached hydrogens (tertiary/aromatic N) is 4. The summed E-state index contributed by atoms with van der Waals surface area (Å²) in [5.74, 6) is -0.182. The number of hydrogen-bond donors (Lipinski definition) is 0. The summed E-state index contributed by atoms with van der Waals surface area (Å²) in [6.45, 7) is 3.70. The number of carbonyl (C=O) groups excluding carboxylic acids is 1. The molecule has 172 valence electrons. The van der Waals surface area contributed by atoms with Crippen LogP contribution in [0.15, 0.2) is 39.9 Å². The first kappa shape index (κ1) is 23.3. The quantitative estimate of drug-likeness (QED) is 0.478. The van der Waals surface area contributed by atoms with Gasteiger partial charge >= 0.3 is 0 Å². The molecular weight excluding hydrogens is 464 g/mol. The summed E-state index contributed by atoms with van der Waals surface area (Å²) in [6.07, 6.45) is 1.97. The number of thiophene rings is 1. The third-order valence-electron chi connectivity index (χ3n) is 5.64. The van der Waals surface area contributed by atoms with Crippen molar-refractivity contribution in [1.82, 2.24) is 14.2 Å². The highest BCUT2D eigenvalue weighted by Crippen LogP contribution is 2.34. The molecule has 0 radical (unpaired) electrons. The maximum Gasteiger partial charge on any atom is 0.253 e. The number of anilines is 1. The smallest absolute Gasteiger partial charge is 0.253 e. The number of sulfonamides is 1. The van der Waals surface area contributed by atoms with Gasteiger partial charge in [0.2, 0.25) is 5.91 Å². The average Bonchev–Trinajstić information content (AvgIpc) is 3.51. The van der Waals surface area contributed by atoms with Crippen LogP contribution in [-0.2, 0) is 14.8 Å².